The van der Waals surface area contributed by atoms with Crippen molar-refractivity contribution in [3.8, 4) is 5.75 Å². The predicted octanol–water partition coefficient (Wildman–Crippen LogP) is 5.12. The third-order valence-corrected chi connectivity index (χ3v) is 9.44. The number of phenols is 1. The lowest BCUT2D eigenvalue weighted by molar-refractivity contribution is -0.163. The van der Waals surface area contributed by atoms with E-state index in [9.17, 15) is 14.7 Å². The maximum atomic E-state index is 13.5. The largest absolute Gasteiger partial charge is 0.508 e. The monoisotopic (exact) mass is 565 g/mol. The van der Waals surface area contributed by atoms with Gasteiger partial charge in [-0.2, -0.15) is 0 Å². The summed E-state index contributed by atoms with van der Waals surface area (Å²) in [6.45, 7) is 9.16. The van der Waals surface area contributed by atoms with Crippen molar-refractivity contribution >= 4 is 48.9 Å². The zero-order valence-electron chi connectivity index (χ0n) is 21.4. The molecule has 0 aliphatic heterocycles. The fourth-order valence-corrected chi connectivity index (χ4v) is 6.31. The molecule has 12 heteroatoms. The number of oxime groups is 1. The predicted molar refractivity (Wildman–Crippen MR) is 143 cm³/mol. The molecule has 1 N–H and O–H groups in total. The van der Waals surface area contributed by atoms with Crippen molar-refractivity contribution in [1.82, 2.24) is 9.59 Å². The molecular weight excluding hydrogens is 534 g/mol. The highest BCUT2D eigenvalue weighted by Crippen LogP contribution is 2.56. The molecule has 3 aliphatic carbocycles. The normalized spacial score (nSPS) is 23.5. The first-order chi connectivity index (χ1) is 17.6. The third-order valence-electron chi connectivity index (χ3n) is 6.75. The third kappa shape index (κ3) is 6.15. The van der Waals surface area contributed by atoms with Crippen molar-refractivity contribution in [3.63, 3.8) is 0 Å². The Labute approximate surface area is 226 Å². The molecule has 4 unspecified atom stereocenters. The average Bonchev–Trinajstić information content (AvgIpc) is 3.25. The first-order valence-corrected chi connectivity index (χ1v) is 17.3. The molecule has 5 rings (SSSR count). The molecule has 2 bridgehead atoms. The van der Waals surface area contributed by atoms with Crippen LogP contribution in [0.15, 0.2) is 23.4 Å². The molecule has 9 nitrogen and oxygen atoms in total. The van der Waals surface area contributed by atoms with Gasteiger partial charge in [0.15, 0.2) is 6.61 Å². The Kier molecular flexibility index (Phi) is 8.55. The smallest absolute Gasteiger partial charge is 0.310 e. The van der Waals surface area contributed by atoms with E-state index < -0.39 is 37.8 Å². The number of hydrogen-bond donors (Lipinski definition) is 1. The van der Waals surface area contributed by atoms with Crippen molar-refractivity contribution in [2.75, 3.05) is 13.2 Å². The lowest BCUT2D eigenvalue weighted by Crippen LogP contribution is -2.51. The van der Waals surface area contributed by atoms with Gasteiger partial charge in [0.05, 0.1) is 30.8 Å². The number of esters is 2. The fraction of sp³-hybridized carbons (Fsp3) is 0.560. The van der Waals surface area contributed by atoms with E-state index in [0.717, 1.165) is 28.7 Å². The van der Waals surface area contributed by atoms with E-state index in [0.29, 0.717) is 35.2 Å². The van der Waals surface area contributed by atoms with Crippen LogP contribution in [-0.4, -0.2) is 53.6 Å². The molecule has 2 aromatic rings. The van der Waals surface area contributed by atoms with Gasteiger partial charge in [-0.3, -0.25) is 9.59 Å². The van der Waals surface area contributed by atoms with Crippen LogP contribution in [0.2, 0.25) is 30.0 Å². The van der Waals surface area contributed by atoms with Gasteiger partial charge in [0.25, 0.3) is 0 Å². The highest BCUT2D eigenvalue weighted by molar-refractivity contribution is 7.10. The van der Waals surface area contributed by atoms with Gasteiger partial charge in [-0.1, -0.05) is 53.9 Å². The minimum atomic E-state index is -1.41. The summed E-state index contributed by atoms with van der Waals surface area (Å²) in [4.78, 5) is 32.5. The first kappa shape index (κ1) is 27.5. The SMILES string of the molecule is CCCOC(=O)C1C2C(=NOCc3nnsc3Cl)CC(c3ccc(O)cc32)C1C(=O)OCC[Si](C)(C)C. The van der Waals surface area contributed by atoms with Gasteiger partial charge in [0, 0.05) is 31.4 Å². The molecule has 0 saturated heterocycles. The van der Waals surface area contributed by atoms with Crippen LogP contribution in [0.4, 0.5) is 0 Å². The standard InChI is InChI=1S/C25H32ClN3O6SSi/c1-5-8-33-25(32)22-20-16-11-14(30)6-7-15(16)17(21(22)24(31)34-9-10-37(2,3)4)12-18(20)28-35-13-19-23(26)36-29-27-19/h6-7,11,17,20-22,30H,5,8-10,12-13H2,1-4H3. The number of rotatable bonds is 10. The number of carbonyl (C=O) groups is 2. The Bertz CT molecular complexity index is 1180. The maximum absolute atomic E-state index is 13.5. The van der Waals surface area contributed by atoms with Crippen LogP contribution >= 0.6 is 23.1 Å². The molecule has 37 heavy (non-hydrogen) atoms. The van der Waals surface area contributed by atoms with Crippen molar-refractivity contribution < 1.29 is 29.0 Å². The van der Waals surface area contributed by atoms with E-state index in [4.69, 9.17) is 25.9 Å². The summed E-state index contributed by atoms with van der Waals surface area (Å²) < 4.78 is 15.5. The Morgan fingerprint density at radius 1 is 1.16 bits per heavy atom. The van der Waals surface area contributed by atoms with Crippen molar-refractivity contribution in [2.45, 2.75) is 63.9 Å². The highest BCUT2D eigenvalue weighted by Gasteiger charge is 2.57. The van der Waals surface area contributed by atoms with Gasteiger partial charge < -0.3 is 19.4 Å². The van der Waals surface area contributed by atoms with Gasteiger partial charge in [0.2, 0.25) is 0 Å². The lowest BCUT2D eigenvalue weighted by atomic mass is 9.55. The number of aromatic nitrogens is 2. The number of benzene rings is 1. The number of fused-ring (bicyclic) bond motifs is 2. The second-order valence-corrected chi connectivity index (χ2v) is 17.6. The Morgan fingerprint density at radius 2 is 1.89 bits per heavy atom. The Balaban J connectivity index is 1.68. The van der Waals surface area contributed by atoms with Gasteiger partial charge in [-0.15, -0.1) is 5.10 Å². The van der Waals surface area contributed by atoms with Crippen molar-refractivity contribution in [2.24, 2.45) is 17.0 Å². The second kappa shape index (κ2) is 11.5. The lowest BCUT2D eigenvalue weighted by Gasteiger charge is -2.47. The molecule has 200 valence electrons. The molecule has 1 aromatic carbocycles. The number of halogens is 1. The van der Waals surface area contributed by atoms with Gasteiger partial charge in [0.1, 0.15) is 15.8 Å². The highest BCUT2D eigenvalue weighted by atomic mass is 35.5. The summed E-state index contributed by atoms with van der Waals surface area (Å²) in [5.41, 5.74) is 2.72. The van der Waals surface area contributed by atoms with Crippen molar-refractivity contribution in [3.05, 3.63) is 39.4 Å². The number of aromatic hydroxyl groups is 1. The minimum absolute atomic E-state index is 0.0240. The minimum Gasteiger partial charge on any atom is -0.508 e. The first-order valence-electron chi connectivity index (χ1n) is 12.4. The summed E-state index contributed by atoms with van der Waals surface area (Å²) in [6.07, 6.45) is 1.07. The van der Waals surface area contributed by atoms with Crippen LogP contribution in [0.25, 0.3) is 0 Å². The van der Waals surface area contributed by atoms with Gasteiger partial charge in [-0.25, -0.2) is 0 Å². The maximum Gasteiger partial charge on any atom is 0.310 e. The second-order valence-electron chi connectivity index (χ2n) is 10.6. The van der Waals surface area contributed by atoms with E-state index in [1.54, 1.807) is 12.1 Å². The van der Waals surface area contributed by atoms with Crippen LogP contribution in [0.3, 0.4) is 0 Å². The quantitative estimate of drug-likeness (QED) is 0.239. The van der Waals surface area contributed by atoms with Crippen LogP contribution in [0.5, 0.6) is 5.75 Å². The van der Waals surface area contributed by atoms with E-state index >= 15 is 0 Å². The van der Waals surface area contributed by atoms with Gasteiger partial charge in [-0.05, 0) is 42.1 Å². The van der Waals surface area contributed by atoms with Crippen LogP contribution in [0, 0.1) is 11.8 Å². The average molecular weight is 566 g/mol. The van der Waals surface area contributed by atoms with Crippen LogP contribution in [0.1, 0.15) is 48.4 Å². The number of phenolic OH excluding ortho intramolecular Hbond substituents is 1. The fourth-order valence-electron chi connectivity index (χ4n) is 4.99. The van der Waals surface area contributed by atoms with Crippen molar-refractivity contribution in [1.29, 1.82) is 0 Å². The zero-order valence-corrected chi connectivity index (χ0v) is 24.0. The van der Waals surface area contributed by atoms with E-state index in [1.807, 2.05) is 13.0 Å². The van der Waals surface area contributed by atoms with E-state index in [-0.39, 0.29) is 24.9 Å². The van der Waals surface area contributed by atoms with Crippen LogP contribution < -0.4 is 0 Å². The molecule has 1 saturated carbocycles. The zero-order chi connectivity index (χ0) is 26.7. The van der Waals surface area contributed by atoms with Gasteiger partial charge >= 0.3 is 11.9 Å². The number of nitrogens with zero attached hydrogens (tertiary/aromatic N) is 3. The topological polar surface area (TPSA) is 120 Å². The molecule has 0 radical (unpaired) electrons. The van der Waals surface area contributed by atoms with E-state index in [2.05, 4.69) is 34.4 Å². The van der Waals surface area contributed by atoms with Crippen LogP contribution in [-0.2, 0) is 30.5 Å². The molecule has 0 spiro atoms. The number of hydrogen-bond acceptors (Lipinski definition) is 10. The molecule has 1 aromatic heterocycles. The summed E-state index contributed by atoms with van der Waals surface area (Å²) >= 11 is 7.13. The Hall–Kier alpha value is -2.50. The molecule has 3 aliphatic rings. The molecule has 1 heterocycles. The molecule has 0 amide bonds. The molecule has 1 fully saturated rings. The Morgan fingerprint density at radius 3 is 2.57 bits per heavy atom. The molecular formula is C25H32ClN3O6SSi. The molecule has 4 atom stereocenters. The summed E-state index contributed by atoms with van der Waals surface area (Å²) in [6, 6.07) is 5.89. The summed E-state index contributed by atoms with van der Waals surface area (Å²) in [7, 11) is -1.41. The van der Waals surface area contributed by atoms with E-state index in [1.165, 1.54) is 0 Å². The summed E-state index contributed by atoms with van der Waals surface area (Å²) in [5.74, 6) is -3.33. The summed E-state index contributed by atoms with van der Waals surface area (Å²) in [5, 5.41) is 18.6. The number of carbonyl (C=O) groups excluding carboxylic acids is 2. The number of ether oxygens (including phenoxy) is 2.